The third kappa shape index (κ3) is 1.73. The molecule has 1 aliphatic heterocycles. The van der Waals surface area contributed by atoms with Gasteiger partial charge in [-0.15, -0.1) is 0 Å². The Morgan fingerprint density at radius 1 is 1.27 bits per heavy atom. The van der Waals surface area contributed by atoms with Crippen molar-refractivity contribution in [2.24, 2.45) is 0 Å². The van der Waals surface area contributed by atoms with Gasteiger partial charge in [-0.25, -0.2) is 0 Å². The molecule has 1 unspecified atom stereocenters. The van der Waals surface area contributed by atoms with Gasteiger partial charge in [0.1, 0.15) is 24.9 Å². The summed E-state index contributed by atoms with van der Waals surface area (Å²) < 4.78 is 30.3. The van der Waals surface area contributed by atoms with Crippen LogP contribution in [0.3, 0.4) is 0 Å². The fourth-order valence-electron chi connectivity index (χ4n) is 1.37. The van der Waals surface area contributed by atoms with Crippen molar-refractivity contribution in [1.29, 1.82) is 0 Å². The summed E-state index contributed by atoms with van der Waals surface area (Å²) in [6, 6.07) is 0. The van der Waals surface area contributed by atoms with Crippen molar-refractivity contribution < 1.29 is 39.1 Å². The quantitative estimate of drug-likeness (QED) is 0.364. The zero-order chi connectivity index (χ0) is 11.9. The number of hydrogen-bond acceptors (Lipinski definition) is 6. The Morgan fingerprint density at radius 3 is 2.13 bits per heavy atom. The molecule has 1 fully saturated rings. The van der Waals surface area contributed by atoms with Gasteiger partial charge in [0.05, 0.1) is 6.61 Å². The van der Waals surface area contributed by atoms with Crippen LogP contribution in [0.1, 0.15) is 0 Å². The number of halogens is 2. The smallest absolute Gasteiger partial charge is 0.325 e. The number of hydrogen-bond donors (Lipinski definition) is 5. The largest absolute Gasteiger partial charge is 0.394 e. The second-order valence-electron chi connectivity index (χ2n) is 3.33. The number of alkyl halides is 2. The highest BCUT2D eigenvalue weighted by molar-refractivity contribution is 5.02. The van der Waals surface area contributed by atoms with E-state index in [4.69, 9.17) is 20.4 Å². The van der Waals surface area contributed by atoms with Gasteiger partial charge in [0, 0.05) is 0 Å². The molecule has 8 heteroatoms. The van der Waals surface area contributed by atoms with Crippen LogP contribution >= 0.6 is 0 Å². The summed E-state index contributed by atoms with van der Waals surface area (Å²) in [6.45, 7) is -2.60. The fraction of sp³-hybridized carbons (Fsp3) is 1.00. The van der Waals surface area contributed by atoms with Crippen molar-refractivity contribution in [3.8, 4) is 0 Å². The van der Waals surface area contributed by atoms with E-state index in [0.717, 1.165) is 0 Å². The van der Waals surface area contributed by atoms with Crippen molar-refractivity contribution >= 4 is 0 Å². The molecule has 0 bridgehead atoms. The van der Waals surface area contributed by atoms with E-state index >= 15 is 0 Å². The predicted octanol–water partition coefficient (Wildman–Crippen LogP) is -2.58. The normalized spacial score (nSPS) is 42.2. The molecule has 0 aliphatic carbocycles. The van der Waals surface area contributed by atoms with Gasteiger partial charge in [-0.05, 0) is 0 Å². The number of rotatable bonds is 3. The molecule has 1 heterocycles. The Hall–Kier alpha value is -0.380. The SMILES string of the molecule is OC[C@H]1OC(O)(C(F)(F)CO)[C@@H](O)[C@@H]1O. The number of aliphatic hydroxyl groups is 5. The van der Waals surface area contributed by atoms with Crippen LogP contribution in [0.5, 0.6) is 0 Å². The summed E-state index contributed by atoms with van der Waals surface area (Å²) in [4.78, 5) is 0. The molecule has 0 amide bonds. The maximum Gasteiger partial charge on any atom is 0.325 e. The summed E-state index contributed by atoms with van der Waals surface area (Å²) in [7, 11) is 0. The maximum absolute atomic E-state index is 13.0. The van der Waals surface area contributed by atoms with Crippen LogP contribution in [0.2, 0.25) is 0 Å². The van der Waals surface area contributed by atoms with Crippen molar-refractivity contribution in [1.82, 2.24) is 0 Å². The molecule has 1 rings (SSSR count). The molecular formula is C7H12F2O6. The lowest BCUT2D eigenvalue weighted by Gasteiger charge is -2.32. The summed E-state index contributed by atoms with van der Waals surface area (Å²) in [5, 5.41) is 44.6. The van der Waals surface area contributed by atoms with E-state index in [0.29, 0.717) is 0 Å². The van der Waals surface area contributed by atoms with Crippen LogP contribution in [-0.2, 0) is 4.74 Å². The Balaban J connectivity index is 2.96. The predicted molar refractivity (Wildman–Crippen MR) is 41.0 cm³/mol. The first kappa shape index (κ1) is 12.7. The highest BCUT2D eigenvalue weighted by Gasteiger charge is 2.66. The molecule has 1 saturated heterocycles. The van der Waals surface area contributed by atoms with Gasteiger partial charge in [0.25, 0.3) is 5.79 Å². The molecule has 0 aromatic heterocycles. The second kappa shape index (κ2) is 3.89. The van der Waals surface area contributed by atoms with Gasteiger partial charge in [0.15, 0.2) is 0 Å². The van der Waals surface area contributed by atoms with Crippen molar-refractivity contribution in [3.63, 3.8) is 0 Å². The Labute approximate surface area is 83.3 Å². The van der Waals surface area contributed by atoms with Crippen LogP contribution in [0.4, 0.5) is 8.78 Å². The number of ether oxygens (including phenoxy) is 1. The van der Waals surface area contributed by atoms with Crippen molar-refractivity contribution in [2.75, 3.05) is 13.2 Å². The van der Waals surface area contributed by atoms with E-state index in [9.17, 15) is 13.9 Å². The van der Waals surface area contributed by atoms with Gasteiger partial charge in [-0.2, -0.15) is 8.78 Å². The lowest BCUT2D eigenvalue weighted by Crippen LogP contribution is -2.58. The molecule has 6 nitrogen and oxygen atoms in total. The molecule has 0 aromatic rings. The molecule has 0 radical (unpaired) electrons. The molecular weight excluding hydrogens is 218 g/mol. The third-order valence-corrected chi connectivity index (χ3v) is 2.34. The van der Waals surface area contributed by atoms with E-state index < -0.39 is 43.2 Å². The third-order valence-electron chi connectivity index (χ3n) is 2.34. The standard InChI is InChI=1S/C7H12F2O6/c8-6(9,2-11)7(14)5(13)4(12)3(1-10)15-7/h3-5,10-14H,1-2H2/t3-,4-,5+,7?/m1/s1. The Bertz CT molecular complexity index is 238. The topological polar surface area (TPSA) is 110 Å². The summed E-state index contributed by atoms with van der Waals surface area (Å²) in [6.07, 6.45) is -5.68. The highest BCUT2D eigenvalue weighted by atomic mass is 19.3. The van der Waals surface area contributed by atoms with Crippen LogP contribution in [0, 0.1) is 0 Å². The van der Waals surface area contributed by atoms with E-state index in [1.165, 1.54) is 0 Å². The summed E-state index contributed by atoms with van der Waals surface area (Å²) >= 11 is 0. The van der Waals surface area contributed by atoms with Gasteiger partial charge in [-0.3, -0.25) is 0 Å². The summed E-state index contributed by atoms with van der Waals surface area (Å²) in [5.74, 6) is -7.54. The average molecular weight is 230 g/mol. The molecule has 15 heavy (non-hydrogen) atoms. The zero-order valence-electron chi connectivity index (χ0n) is 7.55. The van der Waals surface area contributed by atoms with E-state index in [1.807, 2.05) is 0 Å². The minimum absolute atomic E-state index is 0.845. The molecule has 0 aromatic carbocycles. The highest BCUT2D eigenvalue weighted by Crippen LogP contribution is 2.40. The first-order chi connectivity index (χ1) is 6.80. The minimum Gasteiger partial charge on any atom is -0.394 e. The van der Waals surface area contributed by atoms with E-state index in [2.05, 4.69) is 4.74 Å². The molecule has 1 aliphatic rings. The molecule has 90 valence electrons. The van der Waals surface area contributed by atoms with Crippen molar-refractivity contribution in [2.45, 2.75) is 30.0 Å². The molecule has 0 spiro atoms. The average Bonchev–Trinajstić information content (AvgIpc) is 2.44. The van der Waals surface area contributed by atoms with Gasteiger partial charge in [0.2, 0.25) is 0 Å². The van der Waals surface area contributed by atoms with Crippen LogP contribution in [0.15, 0.2) is 0 Å². The van der Waals surface area contributed by atoms with Gasteiger partial charge in [-0.1, -0.05) is 0 Å². The van der Waals surface area contributed by atoms with E-state index in [-0.39, 0.29) is 0 Å². The Morgan fingerprint density at radius 2 is 1.80 bits per heavy atom. The molecule has 5 N–H and O–H groups in total. The fourth-order valence-corrected chi connectivity index (χ4v) is 1.37. The first-order valence-corrected chi connectivity index (χ1v) is 4.16. The number of aliphatic hydroxyl groups excluding tert-OH is 4. The van der Waals surface area contributed by atoms with Gasteiger partial charge < -0.3 is 30.3 Å². The maximum atomic E-state index is 13.0. The monoisotopic (exact) mass is 230 g/mol. The lowest BCUT2D eigenvalue weighted by atomic mass is 10.00. The lowest BCUT2D eigenvalue weighted by molar-refractivity contribution is -0.341. The minimum atomic E-state index is -4.14. The Kier molecular flexibility index (Phi) is 3.29. The van der Waals surface area contributed by atoms with Crippen LogP contribution < -0.4 is 0 Å². The van der Waals surface area contributed by atoms with E-state index in [1.54, 1.807) is 0 Å². The van der Waals surface area contributed by atoms with Crippen LogP contribution in [-0.4, -0.2) is 68.8 Å². The molecule has 0 saturated carbocycles. The van der Waals surface area contributed by atoms with Gasteiger partial charge >= 0.3 is 5.92 Å². The molecule has 4 atom stereocenters. The second-order valence-corrected chi connectivity index (χ2v) is 3.33. The zero-order valence-corrected chi connectivity index (χ0v) is 7.55. The summed E-state index contributed by atoms with van der Waals surface area (Å²) in [5.41, 5.74) is 0. The first-order valence-electron chi connectivity index (χ1n) is 4.16. The van der Waals surface area contributed by atoms with Crippen molar-refractivity contribution in [3.05, 3.63) is 0 Å². The van der Waals surface area contributed by atoms with Crippen LogP contribution in [0.25, 0.3) is 0 Å².